The highest BCUT2D eigenvalue weighted by molar-refractivity contribution is 9.10. The smallest absolute Gasteiger partial charge is 0.262 e. The number of phenols is 1. The number of hydrogen-bond donors (Lipinski definition) is 2. The topological polar surface area (TPSA) is 73.1 Å². The van der Waals surface area contributed by atoms with E-state index in [2.05, 4.69) is 21.2 Å². The summed E-state index contributed by atoms with van der Waals surface area (Å²) in [5.74, 6) is -0.708. The molecule has 6 heteroatoms. The Morgan fingerprint density at radius 3 is 2.67 bits per heavy atom. The second-order valence-corrected chi connectivity index (χ2v) is 6.42. The summed E-state index contributed by atoms with van der Waals surface area (Å²) in [6, 6.07) is 14.1. The van der Waals surface area contributed by atoms with Crippen LogP contribution in [0.2, 0.25) is 5.02 Å². The van der Waals surface area contributed by atoms with Crippen LogP contribution in [0.15, 0.2) is 52.5 Å². The average Bonchev–Trinajstić information content (AvgIpc) is 2.57. The van der Waals surface area contributed by atoms with Crippen LogP contribution in [-0.2, 0) is 4.79 Å². The van der Waals surface area contributed by atoms with Gasteiger partial charge < -0.3 is 10.4 Å². The fourth-order valence-corrected chi connectivity index (χ4v) is 2.93. The van der Waals surface area contributed by atoms with Gasteiger partial charge >= 0.3 is 0 Å². The van der Waals surface area contributed by atoms with Crippen molar-refractivity contribution in [3.8, 4) is 11.8 Å². The Hall–Kier alpha value is -2.29. The molecule has 0 unspecified atom stereocenters. The lowest BCUT2D eigenvalue weighted by Gasteiger charge is -2.14. The van der Waals surface area contributed by atoms with Gasteiger partial charge in [-0.25, -0.2) is 0 Å². The number of hydrogen-bond acceptors (Lipinski definition) is 3. The molecule has 122 valence electrons. The molecule has 0 heterocycles. The van der Waals surface area contributed by atoms with Crippen LogP contribution in [0.3, 0.4) is 0 Å². The van der Waals surface area contributed by atoms with Crippen molar-refractivity contribution in [1.82, 2.24) is 5.32 Å². The second kappa shape index (κ2) is 8.00. The first-order valence-corrected chi connectivity index (χ1v) is 8.25. The van der Waals surface area contributed by atoms with Gasteiger partial charge in [0, 0.05) is 10.0 Å². The molecule has 1 atom stereocenters. The Balaban J connectivity index is 2.25. The zero-order valence-corrected chi connectivity index (χ0v) is 15.1. The molecular formula is C18H14BrClN2O2. The first kappa shape index (κ1) is 18.1. The highest BCUT2D eigenvalue weighted by Gasteiger charge is 2.15. The lowest BCUT2D eigenvalue weighted by Crippen LogP contribution is -2.27. The number of phenolic OH excluding ortho intramolecular Hbond substituents is 1. The van der Waals surface area contributed by atoms with E-state index >= 15 is 0 Å². The second-order valence-electron chi connectivity index (χ2n) is 5.10. The average molecular weight is 406 g/mol. The third-order valence-corrected chi connectivity index (χ3v) is 4.12. The molecule has 0 aliphatic heterocycles. The van der Waals surface area contributed by atoms with Crippen molar-refractivity contribution < 1.29 is 9.90 Å². The number of rotatable bonds is 4. The molecule has 0 aromatic heterocycles. The van der Waals surface area contributed by atoms with Gasteiger partial charge in [0.1, 0.15) is 17.4 Å². The molecule has 2 rings (SSSR count). The number of benzene rings is 2. The summed E-state index contributed by atoms with van der Waals surface area (Å²) in [5.41, 5.74) is 1.09. The third-order valence-electron chi connectivity index (χ3n) is 3.37. The largest absolute Gasteiger partial charge is 0.506 e. The van der Waals surface area contributed by atoms with Crippen molar-refractivity contribution in [2.45, 2.75) is 13.0 Å². The van der Waals surface area contributed by atoms with Crippen molar-refractivity contribution in [3.05, 3.63) is 68.7 Å². The van der Waals surface area contributed by atoms with Gasteiger partial charge in [-0.15, -0.1) is 0 Å². The zero-order chi connectivity index (χ0) is 17.7. The maximum atomic E-state index is 12.3. The number of carbonyl (C=O) groups excluding carboxylic acids is 1. The van der Waals surface area contributed by atoms with Crippen molar-refractivity contribution in [2.75, 3.05) is 0 Å². The van der Waals surface area contributed by atoms with Crippen LogP contribution in [0.1, 0.15) is 24.1 Å². The Labute approximate surface area is 153 Å². The molecule has 0 aliphatic carbocycles. The number of nitriles is 1. The van der Waals surface area contributed by atoms with E-state index in [0.29, 0.717) is 4.47 Å². The minimum atomic E-state index is -0.524. The number of aromatic hydroxyl groups is 1. The maximum absolute atomic E-state index is 12.3. The number of nitrogens with zero attached hydrogens (tertiary/aromatic N) is 1. The predicted octanol–water partition coefficient (Wildman–Crippen LogP) is 4.59. The van der Waals surface area contributed by atoms with Crippen molar-refractivity contribution in [2.24, 2.45) is 0 Å². The van der Waals surface area contributed by atoms with E-state index in [9.17, 15) is 15.2 Å². The van der Waals surface area contributed by atoms with Crippen LogP contribution in [0.4, 0.5) is 0 Å². The van der Waals surface area contributed by atoms with E-state index in [4.69, 9.17) is 11.6 Å². The first-order chi connectivity index (χ1) is 11.4. The number of carbonyl (C=O) groups is 1. The summed E-state index contributed by atoms with van der Waals surface area (Å²) in [7, 11) is 0. The van der Waals surface area contributed by atoms with Gasteiger partial charge in [-0.05, 0) is 30.7 Å². The van der Waals surface area contributed by atoms with Crippen molar-refractivity contribution >= 4 is 39.5 Å². The summed E-state index contributed by atoms with van der Waals surface area (Å²) < 4.78 is 0.631. The molecule has 1 amide bonds. The molecular weight excluding hydrogens is 392 g/mol. The number of halogens is 2. The fraction of sp³-hybridized carbons (Fsp3) is 0.111. The SMILES string of the molecule is C[C@H](NC(=O)/C(C#N)=C/c1cc(Br)cc(Cl)c1O)c1ccccc1. The fourth-order valence-electron chi connectivity index (χ4n) is 2.10. The molecule has 0 saturated heterocycles. The van der Waals surface area contributed by atoms with Crippen LogP contribution in [0.25, 0.3) is 6.08 Å². The molecule has 2 N–H and O–H groups in total. The predicted molar refractivity (Wildman–Crippen MR) is 97.4 cm³/mol. The Morgan fingerprint density at radius 2 is 2.04 bits per heavy atom. The molecule has 0 fully saturated rings. The molecule has 24 heavy (non-hydrogen) atoms. The van der Waals surface area contributed by atoms with E-state index in [-0.39, 0.29) is 28.0 Å². The summed E-state index contributed by atoms with van der Waals surface area (Å²) in [5, 5.41) is 22.1. The van der Waals surface area contributed by atoms with Gasteiger partial charge in [-0.3, -0.25) is 4.79 Å². The van der Waals surface area contributed by atoms with Crippen LogP contribution in [0, 0.1) is 11.3 Å². The highest BCUT2D eigenvalue weighted by atomic mass is 79.9. The normalized spacial score (nSPS) is 12.3. The Bertz CT molecular complexity index is 829. The van der Waals surface area contributed by atoms with Gasteiger partial charge in [0.05, 0.1) is 11.1 Å². The van der Waals surface area contributed by atoms with E-state index in [0.717, 1.165) is 5.56 Å². The molecule has 0 aliphatic rings. The van der Waals surface area contributed by atoms with Crippen molar-refractivity contribution in [1.29, 1.82) is 5.26 Å². The van der Waals surface area contributed by atoms with Gasteiger partial charge in [0.2, 0.25) is 0 Å². The number of nitrogens with one attached hydrogen (secondary N) is 1. The molecule has 2 aromatic rings. The molecule has 0 bridgehead atoms. The maximum Gasteiger partial charge on any atom is 0.262 e. The molecule has 4 nitrogen and oxygen atoms in total. The van der Waals surface area contributed by atoms with Gasteiger partial charge in [-0.2, -0.15) is 5.26 Å². The summed E-state index contributed by atoms with van der Waals surface area (Å²) in [6.07, 6.45) is 1.30. The molecule has 0 radical (unpaired) electrons. The van der Waals surface area contributed by atoms with Crippen LogP contribution in [0.5, 0.6) is 5.75 Å². The summed E-state index contributed by atoms with van der Waals surface area (Å²) in [6.45, 7) is 1.83. The summed E-state index contributed by atoms with van der Waals surface area (Å²) >= 11 is 9.16. The standard InChI is InChI=1S/C18H14BrClN2O2/c1-11(12-5-3-2-4-6-12)22-18(24)14(10-21)7-13-8-15(19)9-16(20)17(13)23/h2-9,11,23H,1H3,(H,22,24)/b14-7+/t11-/m0/s1. The van der Waals surface area contributed by atoms with E-state index in [1.807, 2.05) is 43.3 Å². The van der Waals surface area contributed by atoms with Crippen LogP contribution < -0.4 is 5.32 Å². The minimum Gasteiger partial charge on any atom is -0.506 e. The Kier molecular flexibility index (Phi) is 6.02. The molecule has 0 saturated carbocycles. The lowest BCUT2D eigenvalue weighted by molar-refractivity contribution is -0.117. The number of amides is 1. The van der Waals surface area contributed by atoms with Crippen LogP contribution >= 0.6 is 27.5 Å². The van der Waals surface area contributed by atoms with E-state index < -0.39 is 5.91 Å². The monoisotopic (exact) mass is 404 g/mol. The molecule has 0 spiro atoms. The van der Waals surface area contributed by atoms with E-state index in [1.54, 1.807) is 6.07 Å². The van der Waals surface area contributed by atoms with Gasteiger partial charge in [0.25, 0.3) is 5.91 Å². The third kappa shape index (κ3) is 4.38. The zero-order valence-electron chi connectivity index (χ0n) is 12.8. The van der Waals surface area contributed by atoms with Gasteiger partial charge in [0.15, 0.2) is 0 Å². The lowest BCUT2D eigenvalue weighted by atomic mass is 10.1. The van der Waals surface area contributed by atoms with Gasteiger partial charge in [-0.1, -0.05) is 57.9 Å². The molecule has 2 aromatic carbocycles. The van der Waals surface area contributed by atoms with E-state index in [1.165, 1.54) is 12.1 Å². The highest BCUT2D eigenvalue weighted by Crippen LogP contribution is 2.32. The first-order valence-electron chi connectivity index (χ1n) is 7.08. The van der Waals surface area contributed by atoms with Crippen LogP contribution in [-0.4, -0.2) is 11.0 Å². The van der Waals surface area contributed by atoms with Crippen molar-refractivity contribution in [3.63, 3.8) is 0 Å². The Morgan fingerprint density at radius 1 is 1.38 bits per heavy atom. The quantitative estimate of drug-likeness (QED) is 0.577. The minimum absolute atomic E-state index is 0.123. The summed E-state index contributed by atoms with van der Waals surface area (Å²) in [4.78, 5) is 12.3.